The topological polar surface area (TPSA) is 104 Å². The molecule has 2 rings (SSSR count). The molecule has 0 spiro atoms. The summed E-state index contributed by atoms with van der Waals surface area (Å²) in [5, 5.41) is 10.7. The monoisotopic (exact) mass is 380 g/mol. The van der Waals surface area contributed by atoms with Crippen LogP contribution in [0.1, 0.15) is 12.8 Å². The number of hydrogen-bond acceptors (Lipinski definition) is 4. The zero-order valence-corrected chi connectivity index (χ0v) is 14.2. The van der Waals surface area contributed by atoms with E-state index in [1.165, 1.54) is 18.2 Å². The molecular formula is C13H14Cl2N2O5S. The van der Waals surface area contributed by atoms with Gasteiger partial charge in [-0.2, -0.15) is 4.31 Å². The van der Waals surface area contributed by atoms with Crippen LogP contribution in [-0.4, -0.2) is 48.8 Å². The lowest BCUT2D eigenvalue weighted by atomic mass is 10.4. The first-order chi connectivity index (χ1) is 10.7. The number of nitrogens with one attached hydrogen (secondary N) is 1. The number of nitrogens with zero attached hydrogens (tertiary/aromatic N) is 1. The van der Waals surface area contributed by atoms with Gasteiger partial charge in [-0.1, -0.05) is 29.3 Å². The molecule has 1 saturated carbocycles. The maximum atomic E-state index is 12.7. The molecule has 1 aromatic rings. The molecule has 0 radical (unpaired) electrons. The summed E-state index contributed by atoms with van der Waals surface area (Å²) < 4.78 is 26.5. The van der Waals surface area contributed by atoms with Crippen LogP contribution in [0.2, 0.25) is 10.0 Å². The number of benzene rings is 1. The third-order valence-corrected chi connectivity index (χ3v) is 6.06. The highest BCUT2D eigenvalue weighted by atomic mass is 35.5. The molecule has 2 N–H and O–H groups in total. The second kappa shape index (κ2) is 7.04. The van der Waals surface area contributed by atoms with Gasteiger partial charge in [-0.15, -0.1) is 0 Å². The van der Waals surface area contributed by atoms with Gasteiger partial charge in [0.25, 0.3) is 0 Å². The molecule has 1 aliphatic rings. The molecule has 1 aromatic carbocycles. The van der Waals surface area contributed by atoms with Crippen LogP contribution >= 0.6 is 23.2 Å². The Hall–Kier alpha value is -1.35. The largest absolute Gasteiger partial charge is 0.480 e. The van der Waals surface area contributed by atoms with Crippen molar-refractivity contribution in [1.29, 1.82) is 0 Å². The zero-order valence-electron chi connectivity index (χ0n) is 11.8. The lowest BCUT2D eigenvalue weighted by Gasteiger charge is -2.22. The zero-order chi connectivity index (χ0) is 17.2. The van der Waals surface area contributed by atoms with Gasteiger partial charge in [0.05, 0.1) is 16.6 Å². The van der Waals surface area contributed by atoms with Crippen molar-refractivity contribution in [1.82, 2.24) is 9.62 Å². The molecule has 7 nitrogen and oxygen atoms in total. The molecule has 0 aliphatic heterocycles. The highest BCUT2D eigenvalue weighted by Gasteiger charge is 2.40. The molecule has 0 atom stereocenters. The van der Waals surface area contributed by atoms with Gasteiger partial charge >= 0.3 is 5.97 Å². The molecule has 0 heterocycles. The molecule has 0 saturated heterocycles. The minimum Gasteiger partial charge on any atom is -0.480 e. The van der Waals surface area contributed by atoms with Crippen LogP contribution in [0.3, 0.4) is 0 Å². The maximum Gasteiger partial charge on any atom is 0.322 e. The standard InChI is InChI=1S/C13H14Cl2N2O5S/c14-9-2-1-3-10(13(9)15)23(21,22)17(8-4-5-8)7-11(18)16-6-12(19)20/h1-3,8H,4-7H2,(H,16,18)(H,19,20). The second-order valence-corrected chi connectivity index (χ2v) is 7.65. The van der Waals surface area contributed by atoms with Gasteiger partial charge in [0.15, 0.2) is 0 Å². The summed E-state index contributed by atoms with van der Waals surface area (Å²) >= 11 is 11.8. The lowest BCUT2D eigenvalue weighted by Crippen LogP contribution is -2.43. The van der Waals surface area contributed by atoms with E-state index >= 15 is 0 Å². The lowest BCUT2D eigenvalue weighted by molar-refractivity contribution is -0.137. The fraction of sp³-hybridized carbons (Fsp3) is 0.385. The fourth-order valence-electron chi connectivity index (χ4n) is 1.95. The van der Waals surface area contributed by atoms with Crippen molar-refractivity contribution in [3.05, 3.63) is 28.2 Å². The van der Waals surface area contributed by atoms with Gasteiger partial charge in [-0.05, 0) is 25.0 Å². The van der Waals surface area contributed by atoms with Crippen LogP contribution in [0.4, 0.5) is 0 Å². The molecule has 0 unspecified atom stereocenters. The van der Waals surface area contributed by atoms with Crippen LogP contribution in [0.25, 0.3) is 0 Å². The van der Waals surface area contributed by atoms with Gasteiger partial charge in [0.2, 0.25) is 15.9 Å². The van der Waals surface area contributed by atoms with E-state index in [4.69, 9.17) is 28.3 Å². The molecule has 1 aliphatic carbocycles. The van der Waals surface area contributed by atoms with E-state index in [1.807, 2.05) is 0 Å². The summed E-state index contributed by atoms with van der Waals surface area (Å²) in [6, 6.07) is 3.93. The average Bonchev–Trinajstić information content (AvgIpc) is 3.29. The van der Waals surface area contributed by atoms with Crippen molar-refractivity contribution in [2.24, 2.45) is 0 Å². The van der Waals surface area contributed by atoms with Gasteiger partial charge in [-0.3, -0.25) is 9.59 Å². The average molecular weight is 381 g/mol. The second-order valence-electron chi connectivity index (χ2n) is 5.00. The van der Waals surface area contributed by atoms with Crippen LogP contribution in [0, 0.1) is 0 Å². The molecule has 0 bridgehead atoms. The van der Waals surface area contributed by atoms with Crippen molar-refractivity contribution in [3.8, 4) is 0 Å². The van der Waals surface area contributed by atoms with Crippen LogP contribution < -0.4 is 5.32 Å². The van der Waals surface area contributed by atoms with Gasteiger partial charge in [-0.25, -0.2) is 8.42 Å². The molecule has 1 fully saturated rings. The van der Waals surface area contributed by atoms with Crippen molar-refractivity contribution in [2.75, 3.05) is 13.1 Å². The van der Waals surface area contributed by atoms with E-state index in [2.05, 4.69) is 5.32 Å². The van der Waals surface area contributed by atoms with E-state index in [0.717, 1.165) is 4.31 Å². The molecule has 23 heavy (non-hydrogen) atoms. The number of sulfonamides is 1. The SMILES string of the molecule is O=C(O)CNC(=O)CN(C1CC1)S(=O)(=O)c1cccc(Cl)c1Cl. The van der Waals surface area contributed by atoms with Crippen molar-refractivity contribution in [3.63, 3.8) is 0 Å². The van der Waals surface area contributed by atoms with Crippen LogP contribution in [0.5, 0.6) is 0 Å². The first-order valence-corrected chi connectivity index (χ1v) is 8.87. The summed E-state index contributed by atoms with van der Waals surface area (Å²) in [7, 11) is -4.02. The highest BCUT2D eigenvalue weighted by Crippen LogP contribution is 2.36. The van der Waals surface area contributed by atoms with E-state index < -0.39 is 35.0 Å². The van der Waals surface area contributed by atoms with Crippen LogP contribution in [0.15, 0.2) is 23.1 Å². The quantitative estimate of drug-likeness (QED) is 0.742. The minimum atomic E-state index is -4.02. The molecule has 1 amide bonds. The van der Waals surface area contributed by atoms with Gasteiger partial charge < -0.3 is 10.4 Å². The number of amides is 1. The van der Waals surface area contributed by atoms with E-state index in [1.54, 1.807) is 0 Å². The number of carbonyl (C=O) groups is 2. The minimum absolute atomic E-state index is 0.0961. The number of hydrogen-bond donors (Lipinski definition) is 2. The summed E-state index contributed by atoms with van der Waals surface area (Å²) in [6.07, 6.45) is 1.26. The first kappa shape index (κ1) is 18.0. The van der Waals surface area contributed by atoms with Gasteiger partial charge in [0, 0.05) is 6.04 Å². The first-order valence-electron chi connectivity index (χ1n) is 6.68. The van der Waals surface area contributed by atoms with Gasteiger partial charge in [0.1, 0.15) is 11.4 Å². The summed E-state index contributed by atoms with van der Waals surface area (Å²) in [5.41, 5.74) is 0. The molecule has 10 heteroatoms. The van der Waals surface area contributed by atoms with E-state index in [-0.39, 0.29) is 21.0 Å². The third kappa shape index (κ3) is 4.35. The van der Waals surface area contributed by atoms with Crippen molar-refractivity contribution in [2.45, 2.75) is 23.8 Å². The number of carboxylic acids is 1. The van der Waals surface area contributed by atoms with Crippen molar-refractivity contribution >= 4 is 45.1 Å². The number of carboxylic acid groups (broad SMARTS) is 1. The Balaban J connectivity index is 2.24. The summed E-state index contributed by atoms with van der Waals surface area (Å²) in [6.45, 7) is -1.04. The Morgan fingerprint density at radius 2 is 1.96 bits per heavy atom. The summed E-state index contributed by atoms with van der Waals surface area (Å²) in [4.78, 5) is 22.1. The number of rotatable bonds is 7. The predicted octanol–water partition coefficient (Wildman–Crippen LogP) is 1.35. The number of halogens is 2. The van der Waals surface area contributed by atoms with E-state index in [9.17, 15) is 18.0 Å². The maximum absolute atomic E-state index is 12.7. The Bertz CT molecular complexity index is 734. The number of carbonyl (C=O) groups excluding carboxylic acids is 1. The Labute approximate surface area is 143 Å². The Morgan fingerprint density at radius 3 is 2.52 bits per heavy atom. The Morgan fingerprint density at radius 1 is 1.30 bits per heavy atom. The van der Waals surface area contributed by atoms with Crippen molar-refractivity contribution < 1.29 is 23.1 Å². The number of aliphatic carboxylic acids is 1. The summed E-state index contributed by atoms with van der Waals surface area (Å²) in [5.74, 6) is -1.90. The van der Waals surface area contributed by atoms with E-state index in [0.29, 0.717) is 12.8 Å². The smallest absolute Gasteiger partial charge is 0.322 e. The Kier molecular flexibility index (Phi) is 5.51. The molecule has 126 valence electrons. The predicted molar refractivity (Wildman–Crippen MR) is 84.0 cm³/mol. The fourth-order valence-corrected chi connectivity index (χ4v) is 4.33. The highest BCUT2D eigenvalue weighted by molar-refractivity contribution is 7.89. The molecular weight excluding hydrogens is 367 g/mol. The molecule has 0 aromatic heterocycles. The van der Waals surface area contributed by atoms with Crippen LogP contribution in [-0.2, 0) is 19.6 Å². The third-order valence-electron chi connectivity index (χ3n) is 3.19. The normalized spacial score (nSPS) is 14.7.